The Morgan fingerprint density at radius 1 is 1.48 bits per heavy atom. The number of nitrogens with zero attached hydrogens (tertiary/aromatic N) is 1. The molecular formula is C17H25FN2O3. The van der Waals surface area contributed by atoms with Crippen LogP contribution < -0.4 is 5.73 Å². The molecule has 1 aromatic rings. The Kier molecular flexibility index (Phi) is 5.59. The molecule has 2 rings (SSSR count). The van der Waals surface area contributed by atoms with Crippen molar-refractivity contribution >= 4 is 6.09 Å². The van der Waals surface area contributed by atoms with E-state index in [1.54, 1.807) is 23.1 Å². The second kappa shape index (κ2) is 7.27. The predicted octanol–water partition coefficient (Wildman–Crippen LogP) is 2.33. The van der Waals surface area contributed by atoms with E-state index in [0.717, 1.165) is 0 Å². The molecule has 0 spiro atoms. The largest absolute Gasteiger partial charge is 0.444 e. The van der Waals surface area contributed by atoms with Gasteiger partial charge < -0.3 is 15.2 Å². The van der Waals surface area contributed by atoms with Crippen LogP contribution in [0.4, 0.5) is 9.18 Å². The van der Waals surface area contributed by atoms with Crippen LogP contribution in [0, 0.1) is 5.82 Å². The Hall–Kier alpha value is -1.66. The molecule has 0 saturated carbocycles. The molecule has 5 nitrogen and oxygen atoms in total. The summed E-state index contributed by atoms with van der Waals surface area (Å²) in [6.07, 6.45) is -0.0743. The summed E-state index contributed by atoms with van der Waals surface area (Å²) < 4.78 is 24.7. The summed E-state index contributed by atoms with van der Waals surface area (Å²) in [7, 11) is 0. The van der Waals surface area contributed by atoms with Gasteiger partial charge in [-0.2, -0.15) is 0 Å². The van der Waals surface area contributed by atoms with E-state index in [9.17, 15) is 9.18 Å². The minimum Gasteiger partial charge on any atom is -0.444 e. The van der Waals surface area contributed by atoms with Crippen LogP contribution in [0.3, 0.4) is 0 Å². The summed E-state index contributed by atoms with van der Waals surface area (Å²) in [5.41, 5.74) is 6.21. The summed E-state index contributed by atoms with van der Waals surface area (Å²) in [5.74, 6) is -0.288. The molecule has 0 aromatic heterocycles. The van der Waals surface area contributed by atoms with Gasteiger partial charge in [-0.1, -0.05) is 18.2 Å². The lowest BCUT2D eigenvalue weighted by atomic mass is 9.98. The predicted molar refractivity (Wildman–Crippen MR) is 85.6 cm³/mol. The Bertz CT molecular complexity index is 545. The fourth-order valence-corrected chi connectivity index (χ4v) is 2.58. The molecule has 0 radical (unpaired) electrons. The number of halogens is 1. The summed E-state index contributed by atoms with van der Waals surface area (Å²) in [6.45, 7) is 6.65. The van der Waals surface area contributed by atoms with Crippen molar-refractivity contribution in [1.82, 2.24) is 4.90 Å². The molecule has 1 amide bonds. The van der Waals surface area contributed by atoms with E-state index in [1.165, 1.54) is 6.07 Å². The minimum absolute atomic E-state index is 0.288. The Morgan fingerprint density at radius 3 is 2.83 bits per heavy atom. The highest BCUT2D eigenvalue weighted by Crippen LogP contribution is 2.18. The van der Waals surface area contributed by atoms with Crippen molar-refractivity contribution in [3.8, 4) is 0 Å². The maximum absolute atomic E-state index is 13.8. The number of amides is 1. The minimum atomic E-state index is -0.574. The molecule has 1 aromatic carbocycles. The Morgan fingerprint density at radius 2 is 2.17 bits per heavy atom. The molecule has 23 heavy (non-hydrogen) atoms. The zero-order chi connectivity index (χ0) is 17.0. The van der Waals surface area contributed by atoms with E-state index >= 15 is 0 Å². The first-order chi connectivity index (χ1) is 10.8. The number of nitrogens with two attached hydrogens (primary N) is 1. The Balaban J connectivity index is 2.08. The number of morpholine rings is 1. The van der Waals surface area contributed by atoms with E-state index in [-0.39, 0.29) is 11.9 Å². The van der Waals surface area contributed by atoms with E-state index in [1.807, 2.05) is 20.8 Å². The van der Waals surface area contributed by atoms with Crippen molar-refractivity contribution in [2.45, 2.75) is 44.9 Å². The maximum atomic E-state index is 13.8. The lowest BCUT2D eigenvalue weighted by Crippen LogP contribution is -2.58. The van der Waals surface area contributed by atoms with Gasteiger partial charge in [0.05, 0.1) is 19.3 Å². The molecule has 128 valence electrons. The number of carbonyl (C=O) groups excluding carboxylic acids is 1. The van der Waals surface area contributed by atoms with E-state index in [0.29, 0.717) is 31.7 Å². The normalized spacial score (nSPS) is 20.2. The van der Waals surface area contributed by atoms with E-state index < -0.39 is 17.7 Å². The van der Waals surface area contributed by atoms with Crippen molar-refractivity contribution in [2.75, 3.05) is 19.8 Å². The maximum Gasteiger partial charge on any atom is 0.410 e. The molecule has 2 unspecified atom stereocenters. The average Bonchev–Trinajstić information content (AvgIpc) is 2.48. The van der Waals surface area contributed by atoms with E-state index in [2.05, 4.69) is 0 Å². The third-order valence-electron chi connectivity index (χ3n) is 3.70. The fraction of sp³-hybridized carbons (Fsp3) is 0.588. The summed E-state index contributed by atoms with van der Waals surface area (Å²) >= 11 is 0. The quantitative estimate of drug-likeness (QED) is 0.927. The van der Waals surface area contributed by atoms with Crippen LogP contribution in [0.2, 0.25) is 0 Å². The van der Waals surface area contributed by atoms with Gasteiger partial charge in [-0.15, -0.1) is 0 Å². The van der Waals surface area contributed by atoms with Crippen molar-refractivity contribution in [1.29, 1.82) is 0 Å². The van der Waals surface area contributed by atoms with Gasteiger partial charge in [-0.25, -0.2) is 9.18 Å². The third kappa shape index (κ3) is 4.91. The fourth-order valence-electron chi connectivity index (χ4n) is 2.58. The van der Waals surface area contributed by atoms with Crippen LogP contribution in [-0.4, -0.2) is 48.4 Å². The van der Waals surface area contributed by atoms with Crippen molar-refractivity contribution in [3.63, 3.8) is 0 Å². The number of rotatable bonds is 3. The highest BCUT2D eigenvalue weighted by atomic mass is 19.1. The van der Waals surface area contributed by atoms with Crippen molar-refractivity contribution in [2.24, 2.45) is 5.73 Å². The highest BCUT2D eigenvalue weighted by molar-refractivity contribution is 5.68. The van der Waals surface area contributed by atoms with Gasteiger partial charge in [-0.3, -0.25) is 4.90 Å². The lowest BCUT2D eigenvalue weighted by molar-refractivity contribution is -0.0379. The molecule has 0 bridgehead atoms. The molecule has 1 heterocycles. The summed E-state index contributed by atoms with van der Waals surface area (Å²) in [5, 5.41) is 0. The van der Waals surface area contributed by atoms with Crippen LogP contribution in [0.25, 0.3) is 0 Å². The molecule has 2 atom stereocenters. The van der Waals surface area contributed by atoms with Crippen LogP contribution in [-0.2, 0) is 15.9 Å². The van der Waals surface area contributed by atoms with Crippen LogP contribution >= 0.6 is 0 Å². The van der Waals surface area contributed by atoms with Gasteiger partial charge in [0.1, 0.15) is 11.4 Å². The molecule has 6 heteroatoms. The molecule has 1 aliphatic rings. The molecule has 0 aliphatic carbocycles. The van der Waals surface area contributed by atoms with Gasteiger partial charge in [0.15, 0.2) is 0 Å². The standard InChI is InChI=1S/C17H25FN2O3/c1-17(2,3)23-16(21)20-8-9-22-11-15(20)14(19)10-12-6-4-5-7-13(12)18/h4-7,14-15H,8-11,19H2,1-3H3. The molecule has 1 aliphatic heterocycles. The van der Waals surface area contributed by atoms with Crippen LogP contribution in [0.15, 0.2) is 24.3 Å². The van der Waals surface area contributed by atoms with Crippen molar-refractivity contribution in [3.05, 3.63) is 35.6 Å². The highest BCUT2D eigenvalue weighted by Gasteiger charge is 2.34. The number of ether oxygens (including phenoxy) is 2. The monoisotopic (exact) mass is 324 g/mol. The summed E-state index contributed by atoms with van der Waals surface area (Å²) in [4.78, 5) is 14.0. The second-order valence-corrected chi connectivity index (χ2v) is 6.78. The molecular weight excluding hydrogens is 299 g/mol. The second-order valence-electron chi connectivity index (χ2n) is 6.78. The van der Waals surface area contributed by atoms with E-state index in [4.69, 9.17) is 15.2 Å². The number of hydrogen-bond acceptors (Lipinski definition) is 4. The first kappa shape index (κ1) is 17.7. The summed E-state index contributed by atoms with van der Waals surface area (Å²) in [6, 6.07) is 5.76. The van der Waals surface area contributed by atoms with Gasteiger partial charge in [0, 0.05) is 12.6 Å². The zero-order valence-corrected chi connectivity index (χ0v) is 13.9. The van der Waals surface area contributed by atoms with Crippen LogP contribution in [0.1, 0.15) is 26.3 Å². The zero-order valence-electron chi connectivity index (χ0n) is 13.9. The Labute approximate surface area is 136 Å². The first-order valence-electron chi connectivity index (χ1n) is 7.84. The lowest BCUT2D eigenvalue weighted by Gasteiger charge is -2.39. The molecule has 1 fully saturated rings. The van der Waals surface area contributed by atoms with Gasteiger partial charge >= 0.3 is 6.09 Å². The number of carbonyl (C=O) groups is 1. The van der Waals surface area contributed by atoms with Crippen molar-refractivity contribution < 1.29 is 18.7 Å². The number of hydrogen-bond donors (Lipinski definition) is 1. The SMILES string of the molecule is CC(C)(C)OC(=O)N1CCOCC1C(N)Cc1ccccc1F. The topological polar surface area (TPSA) is 64.8 Å². The van der Waals surface area contributed by atoms with Gasteiger partial charge in [0.25, 0.3) is 0 Å². The number of benzene rings is 1. The molecule has 1 saturated heterocycles. The first-order valence-corrected chi connectivity index (χ1v) is 7.84. The smallest absolute Gasteiger partial charge is 0.410 e. The van der Waals surface area contributed by atoms with Gasteiger partial charge in [0.2, 0.25) is 0 Å². The van der Waals surface area contributed by atoms with Crippen LogP contribution in [0.5, 0.6) is 0 Å². The molecule has 2 N–H and O–H groups in total. The van der Waals surface area contributed by atoms with Gasteiger partial charge in [-0.05, 0) is 38.8 Å². The average molecular weight is 324 g/mol. The third-order valence-corrected chi connectivity index (χ3v) is 3.70.